The number of hydrogen-bond donors (Lipinski definition) is 2. The van der Waals surface area contributed by atoms with Crippen LogP contribution in [0.25, 0.3) is 0 Å². The van der Waals surface area contributed by atoms with E-state index in [0.29, 0.717) is 31.0 Å². The molecule has 0 radical (unpaired) electrons. The molecule has 0 atom stereocenters. The molecule has 0 aliphatic carbocycles. The molecule has 0 bridgehead atoms. The molecule has 18 heavy (non-hydrogen) atoms. The van der Waals surface area contributed by atoms with Crippen LogP contribution >= 0.6 is 0 Å². The van der Waals surface area contributed by atoms with Crippen molar-refractivity contribution in [2.75, 3.05) is 26.8 Å². The van der Waals surface area contributed by atoms with E-state index in [4.69, 9.17) is 10.5 Å². The van der Waals surface area contributed by atoms with E-state index in [1.807, 2.05) is 0 Å². The van der Waals surface area contributed by atoms with Crippen LogP contribution in [0.15, 0.2) is 5.03 Å². The van der Waals surface area contributed by atoms with Gasteiger partial charge in [-0.3, -0.25) is 5.10 Å². The summed E-state index contributed by atoms with van der Waals surface area (Å²) in [6.45, 7) is 4.66. The van der Waals surface area contributed by atoms with Crippen molar-refractivity contribution in [3.05, 3.63) is 11.3 Å². The largest absolute Gasteiger partial charge is 0.383 e. The summed E-state index contributed by atoms with van der Waals surface area (Å²) in [7, 11) is -2.08. The molecule has 1 heterocycles. The lowest BCUT2D eigenvalue weighted by Gasteiger charge is -2.19. The number of rotatable bonds is 7. The fraction of sp³-hybridized carbons (Fsp3) is 0.700. The van der Waals surface area contributed by atoms with Gasteiger partial charge in [0.15, 0.2) is 5.03 Å². The van der Waals surface area contributed by atoms with Gasteiger partial charge >= 0.3 is 0 Å². The van der Waals surface area contributed by atoms with Gasteiger partial charge in [-0.15, -0.1) is 0 Å². The summed E-state index contributed by atoms with van der Waals surface area (Å²) >= 11 is 0. The summed E-state index contributed by atoms with van der Waals surface area (Å²) in [6, 6.07) is 0. The second-order valence-electron chi connectivity index (χ2n) is 3.83. The maximum atomic E-state index is 12.4. The van der Waals surface area contributed by atoms with E-state index in [0.717, 1.165) is 0 Å². The molecule has 0 unspecified atom stereocenters. The van der Waals surface area contributed by atoms with Gasteiger partial charge in [0.2, 0.25) is 0 Å². The number of nitrogens with zero attached hydrogens (tertiary/aromatic N) is 2. The van der Waals surface area contributed by atoms with E-state index in [1.165, 1.54) is 11.4 Å². The van der Waals surface area contributed by atoms with Crippen LogP contribution in [0.1, 0.15) is 18.2 Å². The molecule has 104 valence electrons. The molecule has 1 rings (SSSR count). The number of nitrogens with one attached hydrogen (secondary N) is 1. The molecule has 1 aromatic heterocycles. The maximum Gasteiger partial charge on any atom is 0.262 e. The van der Waals surface area contributed by atoms with Crippen molar-refractivity contribution in [3.8, 4) is 0 Å². The van der Waals surface area contributed by atoms with Crippen LogP contribution in [0.3, 0.4) is 0 Å². The first kappa shape index (κ1) is 15.1. The molecule has 0 aliphatic heterocycles. The molecular formula is C10H20N4O3S. The minimum atomic E-state index is -3.61. The lowest BCUT2D eigenvalue weighted by molar-refractivity contribution is 0.180. The van der Waals surface area contributed by atoms with Crippen molar-refractivity contribution in [1.29, 1.82) is 0 Å². The first-order valence-electron chi connectivity index (χ1n) is 5.72. The number of methoxy groups -OCH3 is 1. The molecule has 0 amide bonds. The number of ether oxygens (including phenoxy) is 1. The molecule has 7 nitrogen and oxygen atoms in total. The van der Waals surface area contributed by atoms with Crippen molar-refractivity contribution < 1.29 is 13.2 Å². The normalized spacial score (nSPS) is 12.3. The van der Waals surface area contributed by atoms with Gasteiger partial charge in [0.1, 0.15) is 0 Å². The number of nitrogens with two attached hydrogens (primary N) is 1. The van der Waals surface area contributed by atoms with Gasteiger partial charge < -0.3 is 10.5 Å². The molecule has 8 heteroatoms. The summed E-state index contributed by atoms with van der Waals surface area (Å²) in [5.74, 6) is 0. The molecule has 3 N–H and O–H groups in total. The second kappa shape index (κ2) is 6.28. The van der Waals surface area contributed by atoms with E-state index in [-0.39, 0.29) is 11.6 Å². The molecule has 0 aromatic carbocycles. The van der Waals surface area contributed by atoms with Crippen LogP contribution in [0.2, 0.25) is 0 Å². The van der Waals surface area contributed by atoms with Crippen molar-refractivity contribution in [1.82, 2.24) is 14.5 Å². The molecule has 0 fully saturated rings. The quantitative estimate of drug-likeness (QED) is 0.720. The van der Waals surface area contributed by atoms with Crippen LogP contribution in [-0.4, -0.2) is 49.7 Å². The number of aryl methyl sites for hydroxylation is 1. The lowest BCUT2D eigenvalue weighted by Crippen LogP contribution is -2.34. The van der Waals surface area contributed by atoms with Crippen molar-refractivity contribution in [2.45, 2.75) is 25.4 Å². The van der Waals surface area contributed by atoms with Gasteiger partial charge in [0.05, 0.1) is 6.61 Å². The van der Waals surface area contributed by atoms with Gasteiger partial charge in [-0.25, -0.2) is 8.42 Å². The minimum Gasteiger partial charge on any atom is -0.383 e. The lowest BCUT2D eigenvalue weighted by atomic mass is 10.3. The monoisotopic (exact) mass is 276 g/mol. The Bertz CT molecular complexity index is 483. The summed E-state index contributed by atoms with van der Waals surface area (Å²) in [5, 5.41) is 6.54. The number of likely N-dealkylation sites (N-methyl/N-ethyl adjacent to an activating group) is 1. The van der Waals surface area contributed by atoms with Crippen molar-refractivity contribution in [2.24, 2.45) is 5.73 Å². The molecular weight excluding hydrogens is 256 g/mol. The Hall–Kier alpha value is -0.960. The minimum absolute atomic E-state index is 0.0143. The highest BCUT2D eigenvalue weighted by Gasteiger charge is 2.28. The highest BCUT2D eigenvalue weighted by atomic mass is 32.2. The van der Waals surface area contributed by atoms with E-state index in [2.05, 4.69) is 10.2 Å². The average Bonchev–Trinajstić information content (AvgIpc) is 2.71. The number of hydrogen-bond acceptors (Lipinski definition) is 5. The van der Waals surface area contributed by atoms with Gasteiger partial charge in [0, 0.05) is 38.0 Å². The van der Waals surface area contributed by atoms with Gasteiger partial charge in [0.25, 0.3) is 10.0 Å². The molecule has 0 aliphatic rings. The number of aromatic nitrogens is 2. The third-order valence-corrected chi connectivity index (χ3v) is 4.67. The predicted octanol–water partition coefficient (Wildman–Crippen LogP) is -0.166. The highest BCUT2D eigenvalue weighted by Crippen LogP contribution is 2.19. The van der Waals surface area contributed by atoms with Crippen LogP contribution in [0, 0.1) is 6.92 Å². The predicted molar refractivity (Wildman–Crippen MR) is 67.5 cm³/mol. The smallest absolute Gasteiger partial charge is 0.262 e. The first-order chi connectivity index (χ1) is 8.48. The zero-order chi connectivity index (χ0) is 13.8. The Balaban J connectivity index is 3.10. The maximum absolute atomic E-state index is 12.4. The highest BCUT2D eigenvalue weighted by molar-refractivity contribution is 7.89. The van der Waals surface area contributed by atoms with Gasteiger partial charge in [-0.05, 0) is 6.92 Å². The first-order valence-corrected chi connectivity index (χ1v) is 7.16. The SMILES string of the molecule is CCN(CCOC)S(=O)(=O)c1n[nH]c(C)c1CN. The molecule has 0 saturated carbocycles. The third-order valence-electron chi connectivity index (χ3n) is 2.72. The number of H-pyrrole nitrogens is 1. The topological polar surface area (TPSA) is 101 Å². The number of aromatic amines is 1. The van der Waals surface area contributed by atoms with E-state index < -0.39 is 10.0 Å². The van der Waals surface area contributed by atoms with E-state index in [9.17, 15) is 8.42 Å². The van der Waals surface area contributed by atoms with Crippen LogP contribution in [0.5, 0.6) is 0 Å². The van der Waals surface area contributed by atoms with Crippen molar-refractivity contribution >= 4 is 10.0 Å². The Labute approximate surface area is 107 Å². The fourth-order valence-electron chi connectivity index (χ4n) is 1.65. The van der Waals surface area contributed by atoms with Crippen LogP contribution < -0.4 is 5.73 Å². The summed E-state index contributed by atoms with van der Waals surface area (Å²) in [6.07, 6.45) is 0. The Morgan fingerprint density at radius 3 is 2.67 bits per heavy atom. The second-order valence-corrected chi connectivity index (χ2v) is 5.68. The van der Waals surface area contributed by atoms with E-state index in [1.54, 1.807) is 13.8 Å². The molecule has 0 saturated heterocycles. The zero-order valence-electron chi connectivity index (χ0n) is 10.9. The number of sulfonamides is 1. The van der Waals surface area contributed by atoms with Gasteiger partial charge in [-0.1, -0.05) is 6.92 Å². The Morgan fingerprint density at radius 2 is 2.17 bits per heavy atom. The summed E-state index contributed by atoms with van der Waals surface area (Å²) < 4.78 is 31.0. The van der Waals surface area contributed by atoms with Crippen molar-refractivity contribution in [3.63, 3.8) is 0 Å². The Kier molecular flexibility index (Phi) is 5.27. The summed E-state index contributed by atoms with van der Waals surface area (Å²) in [4.78, 5) is 0. The van der Waals surface area contributed by atoms with Gasteiger partial charge in [-0.2, -0.15) is 9.40 Å². The third kappa shape index (κ3) is 2.89. The average molecular weight is 276 g/mol. The fourth-order valence-corrected chi connectivity index (χ4v) is 3.26. The van der Waals surface area contributed by atoms with Crippen LogP contribution in [-0.2, 0) is 21.3 Å². The van der Waals surface area contributed by atoms with Crippen LogP contribution in [0.4, 0.5) is 0 Å². The molecule has 1 aromatic rings. The zero-order valence-corrected chi connectivity index (χ0v) is 11.7. The van der Waals surface area contributed by atoms with E-state index >= 15 is 0 Å². The standard InChI is InChI=1S/C10H20N4O3S/c1-4-14(5-6-17-3)18(15,16)10-9(7-11)8(2)12-13-10/h4-7,11H2,1-3H3,(H,12,13). The Morgan fingerprint density at radius 1 is 1.50 bits per heavy atom. The summed E-state index contributed by atoms with van der Waals surface area (Å²) in [5.41, 5.74) is 6.78. The molecule has 0 spiro atoms.